The van der Waals surface area contributed by atoms with Crippen molar-refractivity contribution < 1.29 is 9.53 Å². The number of methoxy groups -OCH3 is 1. The first-order chi connectivity index (χ1) is 7.56. The molecule has 0 radical (unpaired) electrons. The normalized spacial score (nSPS) is 10.6. The second-order valence-corrected chi connectivity index (χ2v) is 4.20. The largest absolute Gasteiger partial charge is 0.364 e. The van der Waals surface area contributed by atoms with E-state index in [1.54, 1.807) is 19.1 Å². The summed E-state index contributed by atoms with van der Waals surface area (Å²) in [6, 6.07) is 7.73. The smallest absolute Gasteiger partial charge is 0.255 e. The average Bonchev–Trinajstić information content (AvgIpc) is 2.28. The van der Waals surface area contributed by atoms with E-state index in [0.29, 0.717) is 18.2 Å². The number of hydrogen-bond acceptors (Lipinski definition) is 2. The molecular weight excluding hydrogens is 202 g/mol. The first-order valence-electron chi connectivity index (χ1n) is 5.40. The molecule has 1 aromatic carbocycles. The van der Waals surface area contributed by atoms with Gasteiger partial charge in [-0.05, 0) is 23.6 Å². The summed E-state index contributed by atoms with van der Waals surface area (Å²) < 4.78 is 4.91. The van der Waals surface area contributed by atoms with Crippen LogP contribution in [0.3, 0.4) is 0 Å². The van der Waals surface area contributed by atoms with Gasteiger partial charge in [-0.25, -0.2) is 0 Å². The summed E-state index contributed by atoms with van der Waals surface area (Å²) in [6.07, 6.45) is 0. The number of rotatable bonds is 4. The number of carbonyl (C=O) groups is 1. The van der Waals surface area contributed by atoms with Crippen LogP contribution in [0, 0.1) is 0 Å². The van der Waals surface area contributed by atoms with Gasteiger partial charge in [0.15, 0.2) is 0 Å². The third-order valence-corrected chi connectivity index (χ3v) is 2.49. The summed E-state index contributed by atoms with van der Waals surface area (Å²) in [4.78, 5) is 13.4. The minimum Gasteiger partial charge on any atom is -0.364 e. The Morgan fingerprint density at radius 1 is 1.31 bits per heavy atom. The van der Waals surface area contributed by atoms with Gasteiger partial charge in [0.1, 0.15) is 6.73 Å². The Hall–Kier alpha value is -1.35. The van der Waals surface area contributed by atoms with E-state index in [1.807, 2.05) is 24.3 Å². The molecule has 0 saturated carbocycles. The summed E-state index contributed by atoms with van der Waals surface area (Å²) in [5.74, 6) is 0.470. The van der Waals surface area contributed by atoms with E-state index in [1.165, 1.54) is 5.56 Å². The molecular formula is C13H19NO2. The van der Waals surface area contributed by atoms with Gasteiger partial charge in [-0.2, -0.15) is 0 Å². The number of nitrogens with zero attached hydrogens (tertiary/aromatic N) is 1. The van der Waals surface area contributed by atoms with Crippen LogP contribution < -0.4 is 0 Å². The first-order valence-corrected chi connectivity index (χ1v) is 5.40. The molecule has 88 valence electrons. The topological polar surface area (TPSA) is 29.5 Å². The molecule has 0 aliphatic heterocycles. The molecule has 0 bridgehead atoms. The summed E-state index contributed by atoms with van der Waals surface area (Å²) in [5.41, 5.74) is 1.94. The van der Waals surface area contributed by atoms with Crippen molar-refractivity contribution in [3.63, 3.8) is 0 Å². The highest BCUT2D eigenvalue weighted by Crippen LogP contribution is 2.15. The average molecular weight is 221 g/mol. The predicted octanol–water partition coefficient (Wildman–Crippen LogP) is 2.49. The molecule has 0 aromatic heterocycles. The predicted molar refractivity (Wildman–Crippen MR) is 64.5 cm³/mol. The van der Waals surface area contributed by atoms with Crippen LogP contribution in [0.5, 0.6) is 0 Å². The quantitative estimate of drug-likeness (QED) is 0.731. The Kier molecular flexibility index (Phi) is 4.50. The molecule has 3 heteroatoms. The monoisotopic (exact) mass is 221 g/mol. The van der Waals surface area contributed by atoms with E-state index in [9.17, 15) is 4.79 Å². The molecule has 3 nitrogen and oxygen atoms in total. The van der Waals surface area contributed by atoms with Gasteiger partial charge in [0, 0.05) is 19.7 Å². The van der Waals surface area contributed by atoms with Crippen molar-refractivity contribution in [3.8, 4) is 0 Å². The highest BCUT2D eigenvalue weighted by atomic mass is 16.5. The van der Waals surface area contributed by atoms with Crippen LogP contribution in [0.2, 0.25) is 0 Å². The SMILES string of the molecule is COCN(C)C(=O)c1ccc(C(C)C)cc1. The number of ether oxygens (including phenoxy) is 1. The summed E-state index contributed by atoms with van der Waals surface area (Å²) in [5, 5.41) is 0. The van der Waals surface area contributed by atoms with E-state index < -0.39 is 0 Å². The van der Waals surface area contributed by atoms with Gasteiger partial charge in [0.05, 0.1) is 0 Å². The van der Waals surface area contributed by atoms with Crippen molar-refractivity contribution in [1.82, 2.24) is 4.90 Å². The van der Waals surface area contributed by atoms with Gasteiger partial charge in [-0.15, -0.1) is 0 Å². The second kappa shape index (κ2) is 5.66. The van der Waals surface area contributed by atoms with Crippen molar-refractivity contribution in [1.29, 1.82) is 0 Å². The highest BCUT2D eigenvalue weighted by Gasteiger charge is 2.11. The zero-order chi connectivity index (χ0) is 12.1. The van der Waals surface area contributed by atoms with Crippen LogP contribution in [0.4, 0.5) is 0 Å². The van der Waals surface area contributed by atoms with Crippen LogP contribution >= 0.6 is 0 Å². The van der Waals surface area contributed by atoms with Gasteiger partial charge < -0.3 is 9.64 Å². The lowest BCUT2D eigenvalue weighted by Gasteiger charge is -2.16. The van der Waals surface area contributed by atoms with Crippen LogP contribution in [-0.2, 0) is 4.74 Å². The number of hydrogen-bond donors (Lipinski definition) is 0. The fraction of sp³-hybridized carbons (Fsp3) is 0.462. The molecule has 0 atom stereocenters. The fourth-order valence-electron chi connectivity index (χ4n) is 1.48. The van der Waals surface area contributed by atoms with Gasteiger partial charge in [0.25, 0.3) is 5.91 Å². The third-order valence-electron chi connectivity index (χ3n) is 2.49. The van der Waals surface area contributed by atoms with Crippen molar-refractivity contribution in [3.05, 3.63) is 35.4 Å². The van der Waals surface area contributed by atoms with Gasteiger partial charge >= 0.3 is 0 Å². The van der Waals surface area contributed by atoms with Gasteiger partial charge in [0.2, 0.25) is 0 Å². The van der Waals surface area contributed by atoms with Crippen LogP contribution in [0.25, 0.3) is 0 Å². The van der Waals surface area contributed by atoms with Crippen molar-refractivity contribution in [2.45, 2.75) is 19.8 Å². The van der Waals surface area contributed by atoms with E-state index in [4.69, 9.17) is 4.74 Å². The maximum Gasteiger partial charge on any atom is 0.255 e. The zero-order valence-corrected chi connectivity index (χ0v) is 10.4. The van der Waals surface area contributed by atoms with Gasteiger partial charge in [-0.1, -0.05) is 26.0 Å². The van der Waals surface area contributed by atoms with Gasteiger partial charge in [-0.3, -0.25) is 4.79 Å². The Morgan fingerprint density at radius 2 is 1.88 bits per heavy atom. The Morgan fingerprint density at radius 3 is 2.31 bits per heavy atom. The third kappa shape index (κ3) is 3.07. The lowest BCUT2D eigenvalue weighted by molar-refractivity contribution is 0.0507. The molecule has 0 saturated heterocycles. The Bertz CT molecular complexity index is 343. The van der Waals surface area contributed by atoms with Crippen LogP contribution in [-0.4, -0.2) is 31.7 Å². The molecule has 0 unspecified atom stereocenters. The highest BCUT2D eigenvalue weighted by molar-refractivity contribution is 5.94. The molecule has 1 aromatic rings. The Balaban J connectivity index is 2.77. The van der Waals surface area contributed by atoms with Crippen molar-refractivity contribution >= 4 is 5.91 Å². The van der Waals surface area contributed by atoms with E-state index >= 15 is 0 Å². The van der Waals surface area contributed by atoms with Crippen LogP contribution in [0.15, 0.2) is 24.3 Å². The Labute approximate surface area is 97.0 Å². The van der Waals surface area contributed by atoms with Crippen molar-refractivity contribution in [2.75, 3.05) is 20.9 Å². The molecule has 0 heterocycles. The summed E-state index contributed by atoms with van der Waals surface area (Å²) in [6.45, 7) is 4.58. The maximum atomic E-state index is 11.9. The first kappa shape index (κ1) is 12.7. The zero-order valence-electron chi connectivity index (χ0n) is 10.4. The van der Waals surface area contributed by atoms with Crippen LogP contribution in [0.1, 0.15) is 35.7 Å². The lowest BCUT2D eigenvalue weighted by atomic mass is 10.0. The van der Waals surface area contributed by atoms with E-state index in [0.717, 1.165) is 0 Å². The fourth-order valence-corrected chi connectivity index (χ4v) is 1.48. The minimum absolute atomic E-state index is 0.0165. The maximum absolute atomic E-state index is 11.9. The van der Waals surface area contributed by atoms with E-state index in [-0.39, 0.29) is 5.91 Å². The molecule has 0 aliphatic rings. The summed E-state index contributed by atoms with van der Waals surface area (Å²) >= 11 is 0. The van der Waals surface area contributed by atoms with Crippen molar-refractivity contribution in [2.24, 2.45) is 0 Å². The molecule has 0 aliphatic carbocycles. The molecule has 0 fully saturated rings. The second-order valence-electron chi connectivity index (χ2n) is 4.20. The lowest BCUT2D eigenvalue weighted by Crippen LogP contribution is -2.28. The minimum atomic E-state index is -0.0165. The molecule has 1 amide bonds. The summed E-state index contributed by atoms with van der Waals surface area (Å²) in [7, 11) is 3.30. The number of amides is 1. The molecule has 1 rings (SSSR count). The standard InChI is InChI=1S/C13H19NO2/c1-10(2)11-5-7-12(8-6-11)13(15)14(3)9-16-4/h5-8,10H,9H2,1-4H3. The molecule has 0 N–H and O–H groups in total. The number of carbonyl (C=O) groups excluding carboxylic acids is 1. The number of benzene rings is 1. The molecule has 16 heavy (non-hydrogen) atoms. The molecule has 0 spiro atoms. The van der Waals surface area contributed by atoms with E-state index in [2.05, 4.69) is 13.8 Å².